The van der Waals surface area contributed by atoms with Gasteiger partial charge in [0.05, 0.1) is 7.11 Å². The average molecular weight is 236 g/mol. The number of nitrogens with zero attached hydrogens (tertiary/aromatic N) is 2. The summed E-state index contributed by atoms with van der Waals surface area (Å²) in [6.07, 6.45) is 1.21. The Morgan fingerprint density at radius 2 is 2.07 bits per heavy atom. The van der Waals surface area contributed by atoms with E-state index in [9.17, 15) is 13.2 Å². The third-order valence-corrected chi connectivity index (χ3v) is 4.39. The van der Waals surface area contributed by atoms with Crippen molar-refractivity contribution < 1.29 is 17.9 Å². The lowest BCUT2D eigenvalue weighted by atomic mass is 10.2. The number of hydrogen-bond donors (Lipinski definition) is 0. The summed E-state index contributed by atoms with van der Waals surface area (Å²) in [4.78, 5) is 11.3. The van der Waals surface area contributed by atoms with E-state index < -0.39 is 22.2 Å². The molecular formula is C8H16N2O4S. The van der Waals surface area contributed by atoms with E-state index >= 15 is 0 Å². The van der Waals surface area contributed by atoms with Crippen LogP contribution in [-0.2, 0) is 19.7 Å². The van der Waals surface area contributed by atoms with Gasteiger partial charge in [-0.25, -0.2) is 0 Å². The van der Waals surface area contributed by atoms with Gasteiger partial charge < -0.3 is 4.74 Å². The highest BCUT2D eigenvalue weighted by atomic mass is 32.2. The lowest BCUT2D eigenvalue weighted by molar-refractivity contribution is -0.144. The molecule has 1 fully saturated rings. The van der Waals surface area contributed by atoms with E-state index in [4.69, 9.17) is 0 Å². The van der Waals surface area contributed by atoms with Crippen LogP contribution < -0.4 is 0 Å². The minimum absolute atomic E-state index is 0.375. The van der Waals surface area contributed by atoms with Gasteiger partial charge in [-0.3, -0.25) is 4.79 Å². The minimum atomic E-state index is -3.52. The van der Waals surface area contributed by atoms with Crippen molar-refractivity contribution >= 4 is 16.2 Å². The summed E-state index contributed by atoms with van der Waals surface area (Å²) in [5.41, 5.74) is 0. The summed E-state index contributed by atoms with van der Waals surface area (Å²) in [7, 11) is 0.643. The molecule has 0 amide bonds. The Morgan fingerprint density at radius 3 is 2.53 bits per heavy atom. The average Bonchev–Trinajstić information content (AvgIpc) is 2.65. The maximum atomic E-state index is 11.8. The Kier molecular flexibility index (Phi) is 3.69. The molecular weight excluding hydrogens is 220 g/mol. The Balaban J connectivity index is 2.91. The molecule has 15 heavy (non-hydrogen) atoms. The van der Waals surface area contributed by atoms with Gasteiger partial charge in [0.2, 0.25) is 0 Å². The van der Waals surface area contributed by atoms with E-state index in [-0.39, 0.29) is 0 Å². The Bertz CT molecular complexity index is 339. The summed E-state index contributed by atoms with van der Waals surface area (Å²) in [6, 6.07) is -0.664. The summed E-state index contributed by atoms with van der Waals surface area (Å²) >= 11 is 0. The molecule has 6 nitrogen and oxygen atoms in total. The molecule has 0 radical (unpaired) electrons. The lowest BCUT2D eigenvalue weighted by Gasteiger charge is -2.25. The Labute approximate surface area is 90.0 Å². The molecule has 88 valence electrons. The summed E-state index contributed by atoms with van der Waals surface area (Å²) < 4.78 is 30.5. The van der Waals surface area contributed by atoms with Gasteiger partial charge in [-0.1, -0.05) is 0 Å². The maximum absolute atomic E-state index is 11.8. The monoisotopic (exact) mass is 236 g/mol. The van der Waals surface area contributed by atoms with E-state index in [1.807, 2.05) is 0 Å². The van der Waals surface area contributed by atoms with Crippen molar-refractivity contribution in [3.63, 3.8) is 0 Å². The van der Waals surface area contributed by atoms with Gasteiger partial charge in [0.1, 0.15) is 6.04 Å². The van der Waals surface area contributed by atoms with Crippen LogP contribution in [0.5, 0.6) is 0 Å². The van der Waals surface area contributed by atoms with Crippen LogP contribution in [0.4, 0.5) is 0 Å². The Morgan fingerprint density at radius 1 is 1.47 bits per heavy atom. The molecule has 0 aromatic heterocycles. The largest absolute Gasteiger partial charge is 0.468 e. The van der Waals surface area contributed by atoms with Gasteiger partial charge in [0.15, 0.2) is 0 Å². The fraction of sp³-hybridized carbons (Fsp3) is 0.875. The number of esters is 1. The van der Waals surface area contributed by atoms with E-state index in [0.717, 1.165) is 4.31 Å². The number of methoxy groups -OCH3 is 1. The standard InChI is InChI=1S/C8H16N2O4S/c1-9(2)15(12,13)10-6-4-5-7(10)8(11)14-3/h7H,4-6H2,1-3H3. The van der Waals surface area contributed by atoms with Crippen LogP contribution >= 0.6 is 0 Å². The smallest absolute Gasteiger partial charge is 0.324 e. The van der Waals surface area contributed by atoms with E-state index in [0.29, 0.717) is 19.4 Å². The highest BCUT2D eigenvalue weighted by Gasteiger charge is 2.40. The van der Waals surface area contributed by atoms with Crippen LogP contribution in [-0.4, -0.2) is 56.8 Å². The van der Waals surface area contributed by atoms with Crippen molar-refractivity contribution in [2.24, 2.45) is 0 Å². The molecule has 1 aliphatic rings. The zero-order valence-corrected chi connectivity index (χ0v) is 9.95. The van der Waals surface area contributed by atoms with Crippen LogP contribution in [0.3, 0.4) is 0 Å². The molecule has 0 bridgehead atoms. The second-order valence-electron chi connectivity index (χ2n) is 3.58. The van der Waals surface area contributed by atoms with Crippen molar-refractivity contribution in [2.75, 3.05) is 27.7 Å². The molecule has 7 heteroatoms. The summed E-state index contributed by atoms with van der Waals surface area (Å²) in [5, 5.41) is 0. The molecule has 0 aliphatic carbocycles. The first-order valence-electron chi connectivity index (χ1n) is 4.68. The van der Waals surface area contributed by atoms with Crippen molar-refractivity contribution in [1.29, 1.82) is 0 Å². The first kappa shape index (κ1) is 12.4. The molecule has 1 atom stereocenters. The van der Waals surface area contributed by atoms with Crippen molar-refractivity contribution in [1.82, 2.24) is 8.61 Å². The molecule has 1 aliphatic heterocycles. The number of carbonyl (C=O) groups is 1. The van der Waals surface area contributed by atoms with E-state index in [1.165, 1.54) is 25.5 Å². The van der Waals surface area contributed by atoms with Crippen LogP contribution in [0.2, 0.25) is 0 Å². The van der Waals surface area contributed by atoms with Crippen LogP contribution in [0.15, 0.2) is 0 Å². The number of rotatable bonds is 3. The third kappa shape index (κ3) is 2.30. The topological polar surface area (TPSA) is 66.9 Å². The zero-order valence-electron chi connectivity index (χ0n) is 9.13. The highest BCUT2D eigenvalue weighted by Crippen LogP contribution is 2.22. The van der Waals surface area contributed by atoms with Crippen LogP contribution in [0, 0.1) is 0 Å². The number of ether oxygens (including phenoxy) is 1. The number of hydrogen-bond acceptors (Lipinski definition) is 4. The second-order valence-corrected chi connectivity index (χ2v) is 5.68. The summed E-state index contributed by atoms with van der Waals surface area (Å²) in [5.74, 6) is -0.488. The molecule has 1 heterocycles. The highest BCUT2D eigenvalue weighted by molar-refractivity contribution is 7.86. The predicted octanol–water partition coefficient (Wildman–Crippen LogP) is -0.570. The second kappa shape index (κ2) is 4.46. The minimum Gasteiger partial charge on any atom is -0.468 e. The van der Waals surface area contributed by atoms with Crippen molar-refractivity contribution in [2.45, 2.75) is 18.9 Å². The molecule has 0 aromatic rings. The van der Waals surface area contributed by atoms with Crippen molar-refractivity contribution in [3.8, 4) is 0 Å². The molecule has 1 rings (SSSR count). The molecule has 1 unspecified atom stereocenters. The normalized spacial score (nSPS) is 23.3. The van der Waals surface area contributed by atoms with Crippen LogP contribution in [0.1, 0.15) is 12.8 Å². The molecule has 1 saturated heterocycles. The maximum Gasteiger partial charge on any atom is 0.324 e. The molecule has 0 N–H and O–H groups in total. The predicted molar refractivity (Wildman–Crippen MR) is 54.4 cm³/mol. The molecule has 0 spiro atoms. The fourth-order valence-corrected chi connectivity index (χ4v) is 2.89. The zero-order chi connectivity index (χ0) is 11.6. The quantitative estimate of drug-likeness (QED) is 0.615. The van der Waals surface area contributed by atoms with Gasteiger partial charge >= 0.3 is 5.97 Å². The van der Waals surface area contributed by atoms with Gasteiger partial charge in [-0.2, -0.15) is 17.0 Å². The van der Waals surface area contributed by atoms with Crippen molar-refractivity contribution in [3.05, 3.63) is 0 Å². The van der Waals surface area contributed by atoms with Gasteiger partial charge in [0.25, 0.3) is 10.2 Å². The first-order valence-corrected chi connectivity index (χ1v) is 6.08. The van der Waals surface area contributed by atoms with Gasteiger partial charge in [-0.15, -0.1) is 0 Å². The molecule has 0 saturated carbocycles. The van der Waals surface area contributed by atoms with E-state index in [2.05, 4.69) is 4.74 Å². The van der Waals surface area contributed by atoms with Gasteiger partial charge in [0, 0.05) is 20.6 Å². The Hall–Kier alpha value is -0.660. The number of carbonyl (C=O) groups excluding carboxylic acids is 1. The first-order chi connectivity index (χ1) is 6.91. The summed E-state index contributed by atoms with van der Waals surface area (Å²) in [6.45, 7) is 0.375. The fourth-order valence-electron chi connectivity index (χ4n) is 1.60. The van der Waals surface area contributed by atoms with Crippen LogP contribution in [0.25, 0.3) is 0 Å². The molecule has 0 aromatic carbocycles. The third-order valence-electron chi connectivity index (χ3n) is 2.43. The van der Waals surface area contributed by atoms with Gasteiger partial charge in [-0.05, 0) is 12.8 Å². The SMILES string of the molecule is COC(=O)C1CCCN1S(=O)(=O)N(C)C. The van der Waals surface area contributed by atoms with E-state index in [1.54, 1.807) is 0 Å². The lowest BCUT2D eigenvalue weighted by Crippen LogP contribution is -2.46.